The van der Waals surface area contributed by atoms with Crippen LogP contribution < -0.4 is 5.73 Å². The van der Waals surface area contributed by atoms with E-state index in [4.69, 9.17) is 15.2 Å². The monoisotopic (exact) mass is 446 g/mol. The molecule has 4 unspecified atom stereocenters. The van der Waals surface area contributed by atoms with Crippen molar-refractivity contribution in [3.05, 3.63) is 35.4 Å². The van der Waals surface area contributed by atoms with E-state index in [-0.39, 0.29) is 11.8 Å². The SMILES string of the molecule is CC1COCC(C)N1CCN.CC1COCC(C)N1CCN1C(=O)c2ccccc2C1=O. The lowest BCUT2D eigenvalue weighted by Crippen LogP contribution is -2.52. The van der Waals surface area contributed by atoms with Crippen LogP contribution >= 0.6 is 0 Å². The van der Waals surface area contributed by atoms with Gasteiger partial charge in [-0.25, -0.2) is 0 Å². The van der Waals surface area contributed by atoms with Gasteiger partial charge in [-0.3, -0.25) is 24.3 Å². The molecule has 0 saturated carbocycles. The second-order valence-electron chi connectivity index (χ2n) is 9.04. The fraction of sp³-hybridized carbons (Fsp3) is 0.667. The zero-order chi connectivity index (χ0) is 23.3. The molecule has 2 fully saturated rings. The molecule has 8 nitrogen and oxygen atoms in total. The summed E-state index contributed by atoms with van der Waals surface area (Å²) >= 11 is 0. The number of ether oxygens (including phenoxy) is 2. The predicted molar refractivity (Wildman–Crippen MR) is 124 cm³/mol. The fourth-order valence-electron chi connectivity index (χ4n) is 4.76. The van der Waals surface area contributed by atoms with Gasteiger partial charge in [-0.1, -0.05) is 12.1 Å². The molecule has 178 valence electrons. The fourth-order valence-corrected chi connectivity index (χ4v) is 4.76. The molecule has 2 amide bonds. The minimum absolute atomic E-state index is 0.177. The van der Waals surface area contributed by atoms with Crippen molar-refractivity contribution in [2.24, 2.45) is 5.73 Å². The van der Waals surface area contributed by atoms with Crippen LogP contribution in [0.1, 0.15) is 48.4 Å². The average molecular weight is 447 g/mol. The van der Waals surface area contributed by atoms with Gasteiger partial charge in [0.1, 0.15) is 0 Å². The van der Waals surface area contributed by atoms with E-state index in [9.17, 15) is 9.59 Å². The van der Waals surface area contributed by atoms with Crippen molar-refractivity contribution < 1.29 is 19.1 Å². The summed E-state index contributed by atoms with van der Waals surface area (Å²) in [4.78, 5) is 30.7. The number of morpholine rings is 2. The number of amides is 2. The smallest absolute Gasteiger partial charge is 0.261 e. The van der Waals surface area contributed by atoms with Crippen molar-refractivity contribution in [3.8, 4) is 0 Å². The molecule has 4 rings (SSSR count). The van der Waals surface area contributed by atoms with Crippen molar-refractivity contribution in [1.82, 2.24) is 14.7 Å². The first-order chi connectivity index (χ1) is 15.3. The van der Waals surface area contributed by atoms with E-state index >= 15 is 0 Å². The standard InChI is InChI=1S/C16H20N2O3.C8H18N2O/c1-11-9-21-10-12(2)17(11)7-8-18-15(19)13-5-3-4-6-14(13)16(18)20;1-7-5-11-6-8(2)10(7)4-3-9/h3-6,11-12H,7-10H2,1-2H3;7-8H,3-6,9H2,1-2H3. The Labute approximate surface area is 191 Å². The first kappa shape index (κ1) is 24.8. The number of nitrogens with two attached hydrogens (primary N) is 1. The number of imide groups is 1. The number of benzene rings is 1. The summed E-state index contributed by atoms with van der Waals surface area (Å²) in [6, 6.07) is 8.70. The van der Waals surface area contributed by atoms with Crippen LogP contribution in [0.15, 0.2) is 24.3 Å². The van der Waals surface area contributed by atoms with Crippen LogP contribution in [0.5, 0.6) is 0 Å². The molecular weight excluding hydrogens is 408 g/mol. The first-order valence-electron chi connectivity index (χ1n) is 11.7. The highest BCUT2D eigenvalue weighted by atomic mass is 16.5. The maximum atomic E-state index is 12.3. The third-order valence-electron chi connectivity index (χ3n) is 6.55. The van der Waals surface area contributed by atoms with Gasteiger partial charge in [0.25, 0.3) is 11.8 Å². The third kappa shape index (κ3) is 5.55. The number of hydrogen-bond acceptors (Lipinski definition) is 7. The Kier molecular flexibility index (Phi) is 8.79. The number of carbonyl (C=O) groups excluding carboxylic acids is 2. The molecule has 3 aliphatic rings. The third-order valence-corrected chi connectivity index (χ3v) is 6.55. The van der Waals surface area contributed by atoms with Crippen LogP contribution in [-0.2, 0) is 9.47 Å². The van der Waals surface area contributed by atoms with Crippen molar-refractivity contribution in [2.45, 2.75) is 51.9 Å². The summed E-state index contributed by atoms with van der Waals surface area (Å²) in [6.45, 7) is 14.6. The van der Waals surface area contributed by atoms with Crippen LogP contribution in [0.2, 0.25) is 0 Å². The predicted octanol–water partition coefficient (Wildman–Crippen LogP) is 1.45. The molecule has 8 heteroatoms. The van der Waals surface area contributed by atoms with Crippen molar-refractivity contribution in [1.29, 1.82) is 0 Å². The molecule has 1 aromatic carbocycles. The molecule has 0 aromatic heterocycles. The lowest BCUT2D eigenvalue weighted by molar-refractivity contribution is -0.0380. The maximum Gasteiger partial charge on any atom is 0.261 e. The second kappa shape index (κ2) is 11.3. The molecule has 0 spiro atoms. The Morgan fingerprint density at radius 2 is 1.16 bits per heavy atom. The molecule has 0 aliphatic carbocycles. The highest BCUT2D eigenvalue weighted by Crippen LogP contribution is 2.23. The number of fused-ring (bicyclic) bond motifs is 1. The summed E-state index contributed by atoms with van der Waals surface area (Å²) in [7, 11) is 0. The van der Waals surface area contributed by atoms with E-state index in [1.165, 1.54) is 4.90 Å². The zero-order valence-corrected chi connectivity index (χ0v) is 19.8. The molecule has 3 aliphatic heterocycles. The van der Waals surface area contributed by atoms with Gasteiger partial charge in [-0.15, -0.1) is 0 Å². The quantitative estimate of drug-likeness (QED) is 0.685. The molecule has 3 heterocycles. The van der Waals surface area contributed by atoms with Gasteiger partial charge in [0.15, 0.2) is 0 Å². The Bertz CT molecular complexity index is 734. The van der Waals surface area contributed by atoms with E-state index in [1.807, 2.05) is 0 Å². The Morgan fingerprint density at radius 3 is 1.56 bits per heavy atom. The second-order valence-corrected chi connectivity index (χ2v) is 9.04. The van der Waals surface area contributed by atoms with Crippen LogP contribution in [0.4, 0.5) is 0 Å². The van der Waals surface area contributed by atoms with Gasteiger partial charge in [0, 0.05) is 50.3 Å². The normalized spacial score (nSPS) is 29.0. The highest BCUT2D eigenvalue weighted by molar-refractivity contribution is 6.21. The largest absolute Gasteiger partial charge is 0.378 e. The van der Waals surface area contributed by atoms with Crippen LogP contribution in [0.25, 0.3) is 0 Å². The van der Waals surface area contributed by atoms with Gasteiger partial charge in [0.2, 0.25) is 0 Å². The van der Waals surface area contributed by atoms with Gasteiger partial charge in [-0.05, 0) is 39.8 Å². The van der Waals surface area contributed by atoms with Gasteiger partial charge < -0.3 is 15.2 Å². The Morgan fingerprint density at radius 1 is 0.750 bits per heavy atom. The van der Waals surface area contributed by atoms with Crippen molar-refractivity contribution in [3.63, 3.8) is 0 Å². The van der Waals surface area contributed by atoms with E-state index < -0.39 is 0 Å². The van der Waals surface area contributed by atoms with Crippen LogP contribution in [-0.4, -0.2) is 103 Å². The molecule has 4 atom stereocenters. The van der Waals surface area contributed by atoms with Gasteiger partial charge >= 0.3 is 0 Å². The summed E-state index contributed by atoms with van der Waals surface area (Å²) in [5.74, 6) is -0.353. The number of hydrogen-bond donors (Lipinski definition) is 1. The van der Waals surface area contributed by atoms with Gasteiger partial charge in [0.05, 0.1) is 37.6 Å². The molecule has 1 aromatic rings. The first-order valence-corrected chi connectivity index (χ1v) is 11.7. The number of rotatable bonds is 5. The van der Waals surface area contributed by atoms with E-state index in [0.29, 0.717) is 61.6 Å². The summed E-state index contributed by atoms with van der Waals surface area (Å²) in [5.41, 5.74) is 6.54. The highest BCUT2D eigenvalue weighted by Gasteiger charge is 2.36. The Balaban J connectivity index is 0.000000222. The minimum Gasteiger partial charge on any atom is -0.378 e. The topological polar surface area (TPSA) is 88.3 Å². The number of carbonyl (C=O) groups is 2. The molecular formula is C24H38N4O4. The molecule has 32 heavy (non-hydrogen) atoms. The summed E-state index contributed by atoms with van der Waals surface area (Å²) in [5, 5.41) is 0. The molecule has 0 bridgehead atoms. The summed E-state index contributed by atoms with van der Waals surface area (Å²) < 4.78 is 10.9. The lowest BCUT2D eigenvalue weighted by Gasteiger charge is -2.39. The van der Waals surface area contributed by atoms with Gasteiger partial charge in [-0.2, -0.15) is 0 Å². The van der Waals surface area contributed by atoms with Crippen molar-refractivity contribution >= 4 is 11.8 Å². The van der Waals surface area contributed by atoms with E-state index in [0.717, 1.165) is 26.3 Å². The molecule has 2 saturated heterocycles. The molecule has 2 N–H and O–H groups in total. The van der Waals surface area contributed by atoms with E-state index in [1.54, 1.807) is 24.3 Å². The summed E-state index contributed by atoms with van der Waals surface area (Å²) in [6.07, 6.45) is 0. The van der Waals surface area contributed by atoms with Crippen LogP contribution in [0, 0.1) is 0 Å². The average Bonchev–Trinajstić information content (AvgIpc) is 3.01. The minimum atomic E-state index is -0.177. The van der Waals surface area contributed by atoms with E-state index in [2.05, 4.69) is 37.5 Å². The molecule has 0 radical (unpaired) electrons. The zero-order valence-electron chi connectivity index (χ0n) is 19.8. The Hall–Kier alpha value is -1.84. The van der Waals surface area contributed by atoms with Crippen molar-refractivity contribution in [2.75, 3.05) is 52.6 Å². The van der Waals surface area contributed by atoms with Crippen LogP contribution in [0.3, 0.4) is 0 Å². The maximum absolute atomic E-state index is 12.3. The number of nitrogens with zero attached hydrogens (tertiary/aromatic N) is 3. The lowest BCUT2D eigenvalue weighted by atomic mass is 10.1.